The van der Waals surface area contributed by atoms with Crippen molar-refractivity contribution < 1.29 is 0 Å². The summed E-state index contributed by atoms with van der Waals surface area (Å²) >= 11 is 0. The number of likely N-dealkylation sites (N-methyl/N-ethyl adjacent to an activating group) is 1. The summed E-state index contributed by atoms with van der Waals surface area (Å²) in [6.07, 6.45) is 9.68. The van der Waals surface area contributed by atoms with Crippen molar-refractivity contribution in [2.75, 3.05) is 50.0 Å². The normalized spacial score (nSPS) is 16.9. The van der Waals surface area contributed by atoms with E-state index in [1.165, 1.54) is 38.5 Å². The molecule has 0 amide bonds. The molecule has 1 unspecified atom stereocenters. The van der Waals surface area contributed by atoms with Gasteiger partial charge in [0.2, 0.25) is 5.95 Å². The molecular formula is C19H35N5. The van der Waals surface area contributed by atoms with E-state index < -0.39 is 0 Å². The first-order chi connectivity index (χ1) is 11.7. The largest absolute Gasteiger partial charge is 0.356 e. The van der Waals surface area contributed by atoms with Gasteiger partial charge in [-0.05, 0) is 38.3 Å². The molecule has 0 radical (unpaired) electrons. The lowest BCUT2D eigenvalue weighted by Gasteiger charge is -2.22. The van der Waals surface area contributed by atoms with E-state index in [2.05, 4.69) is 41.0 Å². The Bertz CT molecular complexity index is 457. The predicted molar refractivity (Wildman–Crippen MR) is 103 cm³/mol. The van der Waals surface area contributed by atoms with E-state index in [0.717, 1.165) is 50.4 Å². The van der Waals surface area contributed by atoms with Gasteiger partial charge in [-0.3, -0.25) is 0 Å². The minimum Gasteiger partial charge on any atom is -0.356 e. The Labute approximate surface area is 147 Å². The second-order valence-corrected chi connectivity index (χ2v) is 7.22. The van der Waals surface area contributed by atoms with Gasteiger partial charge in [-0.1, -0.05) is 33.1 Å². The third kappa shape index (κ3) is 6.63. The van der Waals surface area contributed by atoms with Crippen molar-refractivity contribution in [3.05, 3.63) is 12.3 Å². The molecule has 1 aromatic heterocycles. The molecule has 2 heterocycles. The molecule has 1 N–H and O–H groups in total. The Morgan fingerprint density at radius 1 is 1.25 bits per heavy atom. The van der Waals surface area contributed by atoms with Gasteiger partial charge in [0.1, 0.15) is 5.82 Å². The van der Waals surface area contributed by atoms with E-state index in [1.54, 1.807) is 0 Å². The van der Waals surface area contributed by atoms with Gasteiger partial charge in [-0.15, -0.1) is 0 Å². The third-order valence-corrected chi connectivity index (χ3v) is 4.75. The van der Waals surface area contributed by atoms with Gasteiger partial charge in [0.25, 0.3) is 0 Å². The highest BCUT2D eigenvalue weighted by Gasteiger charge is 2.12. The van der Waals surface area contributed by atoms with Crippen LogP contribution in [0.1, 0.15) is 52.4 Å². The van der Waals surface area contributed by atoms with Crippen molar-refractivity contribution in [3.8, 4) is 0 Å². The lowest BCUT2D eigenvalue weighted by molar-refractivity contribution is 0.286. The molecular weight excluding hydrogens is 298 g/mol. The summed E-state index contributed by atoms with van der Waals surface area (Å²) < 4.78 is 0. The quantitative estimate of drug-likeness (QED) is 0.747. The summed E-state index contributed by atoms with van der Waals surface area (Å²) in [5.74, 6) is 2.59. The lowest BCUT2D eigenvalue weighted by Crippen LogP contribution is -2.30. The molecule has 24 heavy (non-hydrogen) atoms. The van der Waals surface area contributed by atoms with Gasteiger partial charge >= 0.3 is 0 Å². The maximum atomic E-state index is 4.71. The van der Waals surface area contributed by atoms with Crippen LogP contribution in [0.5, 0.6) is 0 Å². The molecule has 0 spiro atoms. The van der Waals surface area contributed by atoms with Crippen molar-refractivity contribution in [1.82, 2.24) is 14.9 Å². The molecule has 136 valence electrons. The van der Waals surface area contributed by atoms with Crippen LogP contribution in [0.2, 0.25) is 0 Å². The average molecular weight is 334 g/mol. The molecule has 1 atom stereocenters. The van der Waals surface area contributed by atoms with E-state index in [9.17, 15) is 0 Å². The summed E-state index contributed by atoms with van der Waals surface area (Å²) in [7, 11) is 2.20. The van der Waals surface area contributed by atoms with Crippen LogP contribution in [0.25, 0.3) is 0 Å². The summed E-state index contributed by atoms with van der Waals surface area (Å²) in [6, 6.07) is 2.04. The maximum Gasteiger partial charge on any atom is 0.224 e. The minimum absolute atomic E-state index is 0.756. The van der Waals surface area contributed by atoms with Crippen LogP contribution in [-0.2, 0) is 0 Å². The Hall–Kier alpha value is -1.36. The zero-order chi connectivity index (χ0) is 17.2. The standard InChI is InChI=1S/C19H35N5/c1-4-9-17(2)16-23(3)15-12-21-19-20-11-10-18(22-19)24-13-7-5-6-8-14-24/h10-11,17H,4-9,12-16H2,1-3H3,(H,20,21,22). The van der Waals surface area contributed by atoms with Crippen molar-refractivity contribution >= 4 is 11.8 Å². The molecule has 0 saturated carbocycles. The molecule has 1 aliphatic rings. The van der Waals surface area contributed by atoms with Gasteiger partial charge in [-0.2, -0.15) is 4.98 Å². The summed E-state index contributed by atoms with van der Waals surface area (Å²) in [6.45, 7) is 9.89. The Kier molecular flexibility index (Phi) is 8.29. The first-order valence-corrected chi connectivity index (χ1v) is 9.69. The van der Waals surface area contributed by atoms with Gasteiger partial charge < -0.3 is 15.1 Å². The molecule has 1 aromatic rings. The number of anilines is 2. The SMILES string of the molecule is CCCC(C)CN(C)CCNc1nccc(N2CCCCCC2)n1. The molecule has 0 bridgehead atoms. The monoisotopic (exact) mass is 333 g/mol. The smallest absolute Gasteiger partial charge is 0.224 e. The van der Waals surface area contributed by atoms with E-state index in [-0.39, 0.29) is 0 Å². The molecule has 5 nitrogen and oxygen atoms in total. The van der Waals surface area contributed by atoms with Crippen LogP contribution in [-0.4, -0.2) is 54.6 Å². The highest BCUT2D eigenvalue weighted by atomic mass is 15.2. The average Bonchev–Trinajstić information content (AvgIpc) is 2.84. The maximum absolute atomic E-state index is 4.71. The van der Waals surface area contributed by atoms with Crippen molar-refractivity contribution in [3.63, 3.8) is 0 Å². The Morgan fingerprint density at radius 2 is 2.00 bits per heavy atom. The fourth-order valence-corrected chi connectivity index (χ4v) is 3.48. The molecule has 1 saturated heterocycles. The molecule has 0 aliphatic carbocycles. The molecule has 0 aromatic carbocycles. The second kappa shape index (κ2) is 10.5. The van der Waals surface area contributed by atoms with Gasteiger partial charge in [0, 0.05) is 38.9 Å². The van der Waals surface area contributed by atoms with Crippen LogP contribution in [0.15, 0.2) is 12.3 Å². The topological polar surface area (TPSA) is 44.3 Å². The van der Waals surface area contributed by atoms with Gasteiger partial charge in [0.05, 0.1) is 0 Å². The first kappa shape index (κ1) is 19.0. The minimum atomic E-state index is 0.756. The molecule has 2 rings (SSSR count). The fraction of sp³-hybridized carbons (Fsp3) is 0.789. The van der Waals surface area contributed by atoms with E-state index in [0.29, 0.717) is 0 Å². The Morgan fingerprint density at radius 3 is 2.71 bits per heavy atom. The zero-order valence-corrected chi connectivity index (χ0v) is 15.8. The highest BCUT2D eigenvalue weighted by molar-refractivity contribution is 5.42. The van der Waals surface area contributed by atoms with Crippen molar-refractivity contribution in [1.29, 1.82) is 0 Å². The first-order valence-electron chi connectivity index (χ1n) is 9.69. The van der Waals surface area contributed by atoms with Crippen LogP contribution >= 0.6 is 0 Å². The van der Waals surface area contributed by atoms with Crippen molar-refractivity contribution in [2.24, 2.45) is 5.92 Å². The third-order valence-electron chi connectivity index (χ3n) is 4.75. The van der Waals surface area contributed by atoms with E-state index >= 15 is 0 Å². The number of rotatable bonds is 9. The van der Waals surface area contributed by atoms with Gasteiger partial charge in [-0.25, -0.2) is 4.98 Å². The summed E-state index contributed by atoms with van der Waals surface area (Å²) in [5.41, 5.74) is 0. The number of nitrogens with zero attached hydrogens (tertiary/aromatic N) is 4. The van der Waals surface area contributed by atoms with E-state index in [4.69, 9.17) is 4.98 Å². The fourth-order valence-electron chi connectivity index (χ4n) is 3.48. The van der Waals surface area contributed by atoms with Crippen LogP contribution in [0, 0.1) is 5.92 Å². The molecule has 5 heteroatoms. The number of hydrogen-bond acceptors (Lipinski definition) is 5. The predicted octanol–water partition coefficient (Wildman–Crippen LogP) is 3.64. The molecule has 1 aliphatic heterocycles. The van der Waals surface area contributed by atoms with E-state index in [1.807, 2.05) is 12.3 Å². The summed E-state index contributed by atoms with van der Waals surface area (Å²) in [4.78, 5) is 13.9. The summed E-state index contributed by atoms with van der Waals surface area (Å²) in [5, 5.41) is 3.39. The van der Waals surface area contributed by atoms with Crippen LogP contribution in [0.4, 0.5) is 11.8 Å². The second-order valence-electron chi connectivity index (χ2n) is 7.22. The lowest BCUT2D eigenvalue weighted by atomic mass is 10.1. The number of nitrogens with one attached hydrogen (secondary N) is 1. The van der Waals surface area contributed by atoms with Crippen LogP contribution in [0.3, 0.4) is 0 Å². The Balaban J connectivity index is 1.77. The van der Waals surface area contributed by atoms with Crippen molar-refractivity contribution in [2.45, 2.75) is 52.4 Å². The number of hydrogen-bond donors (Lipinski definition) is 1. The number of aromatic nitrogens is 2. The molecule has 1 fully saturated rings. The van der Waals surface area contributed by atoms with Gasteiger partial charge in [0.15, 0.2) is 0 Å². The zero-order valence-electron chi connectivity index (χ0n) is 15.8. The highest BCUT2D eigenvalue weighted by Crippen LogP contribution is 2.17. The van der Waals surface area contributed by atoms with Crippen LogP contribution < -0.4 is 10.2 Å².